The first-order chi connectivity index (χ1) is 8.35. The highest BCUT2D eigenvalue weighted by atomic mass is 32.1. The second-order valence-electron chi connectivity index (χ2n) is 3.56. The molecule has 0 aliphatic heterocycles. The van der Waals surface area contributed by atoms with E-state index in [1.165, 1.54) is 5.56 Å². The van der Waals surface area contributed by atoms with Crippen molar-refractivity contribution in [3.8, 4) is 10.6 Å². The number of ether oxygens (including phenoxy) is 1. The first-order valence-corrected chi connectivity index (χ1v) is 6.31. The van der Waals surface area contributed by atoms with Crippen molar-refractivity contribution < 1.29 is 9.53 Å². The van der Waals surface area contributed by atoms with E-state index in [2.05, 4.69) is 28.8 Å². The van der Waals surface area contributed by atoms with Crippen LogP contribution >= 0.6 is 11.3 Å². The molecule has 0 aliphatic carbocycles. The van der Waals surface area contributed by atoms with Gasteiger partial charge in [0.2, 0.25) is 0 Å². The molecule has 0 fully saturated rings. The number of hydrogen-bond acceptors (Lipinski definition) is 4. The summed E-state index contributed by atoms with van der Waals surface area (Å²) in [6.07, 6.45) is 0.982. The summed E-state index contributed by atoms with van der Waals surface area (Å²) in [6.45, 7) is 2.82. The van der Waals surface area contributed by atoms with Crippen LogP contribution in [-0.4, -0.2) is 11.5 Å². The van der Waals surface area contributed by atoms with Gasteiger partial charge in [-0.05, 0) is 12.0 Å². The van der Waals surface area contributed by atoms with E-state index in [-0.39, 0.29) is 6.61 Å². The fourth-order valence-electron chi connectivity index (χ4n) is 1.65. The Morgan fingerprint density at radius 2 is 2.24 bits per heavy atom. The van der Waals surface area contributed by atoms with Crippen LogP contribution in [0.5, 0.6) is 0 Å². The molecular formula is C13H13NO2S. The lowest BCUT2D eigenvalue weighted by Crippen LogP contribution is -1.91. The predicted molar refractivity (Wildman–Crippen MR) is 67.8 cm³/mol. The summed E-state index contributed by atoms with van der Waals surface area (Å²) in [7, 11) is 0. The van der Waals surface area contributed by atoms with Crippen molar-refractivity contribution in [3.63, 3.8) is 0 Å². The zero-order valence-corrected chi connectivity index (χ0v) is 10.4. The second-order valence-corrected chi connectivity index (χ2v) is 4.42. The molecule has 4 heteroatoms. The fraction of sp³-hybridized carbons (Fsp3) is 0.231. The van der Waals surface area contributed by atoms with Crippen LogP contribution in [0.4, 0.5) is 0 Å². The monoisotopic (exact) mass is 247 g/mol. The Balaban J connectivity index is 2.27. The Morgan fingerprint density at radius 3 is 3.00 bits per heavy atom. The minimum absolute atomic E-state index is 0.244. The van der Waals surface area contributed by atoms with Gasteiger partial charge in [0.05, 0.1) is 5.69 Å². The van der Waals surface area contributed by atoms with Gasteiger partial charge in [-0.3, -0.25) is 4.79 Å². The highest BCUT2D eigenvalue weighted by Crippen LogP contribution is 2.27. The van der Waals surface area contributed by atoms with Crippen LogP contribution < -0.4 is 0 Å². The third-order valence-electron chi connectivity index (χ3n) is 2.48. The summed E-state index contributed by atoms with van der Waals surface area (Å²) in [5, 5.41) is 2.90. The molecule has 2 rings (SSSR count). The van der Waals surface area contributed by atoms with Crippen molar-refractivity contribution in [2.75, 3.05) is 0 Å². The van der Waals surface area contributed by atoms with E-state index in [4.69, 9.17) is 0 Å². The van der Waals surface area contributed by atoms with E-state index in [0.29, 0.717) is 6.47 Å². The molecule has 0 aliphatic rings. The maximum Gasteiger partial charge on any atom is 0.293 e. The average molecular weight is 247 g/mol. The first-order valence-electron chi connectivity index (χ1n) is 5.43. The molecule has 1 aromatic heterocycles. The maximum atomic E-state index is 10.1. The van der Waals surface area contributed by atoms with Gasteiger partial charge in [0.25, 0.3) is 6.47 Å². The van der Waals surface area contributed by atoms with Crippen molar-refractivity contribution >= 4 is 17.8 Å². The summed E-state index contributed by atoms with van der Waals surface area (Å²) < 4.78 is 4.69. The number of carbonyl (C=O) groups is 1. The zero-order valence-electron chi connectivity index (χ0n) is 9.55. The Kier molecular flexibility index (Phi) is 3.88. The molecule has 1 heterocycles. The molecule has 2 aromatic rings. The third kappa shape index (κ3) is 2.71. The van der Waals surface area contributed by atoms with Crippen molar-refractivity contribution in [2.45, 2.75) is 20.0 Å². The lowest BCUT2D eigenvalue weighted by atomic mass is 10.1. The van der Waals surface area contributed by atoms with Crippen LogP contribution in [-0.2, 0) is 22.6 Å². The van der Waals surface area contributed by atoms with E-state index < -0.39 is 0 Å². The van der Waals surface area contributed by atoms with E-state index in [9.17, 15) is 4.79 Å². The number of benzene rings is 1. The number of thiazole rings is 1. The van der Waals surface area contributed by atoms with Crippen LogP contribution in [0.25, 0.3) is 10.6 Å². The SMILES string of the molecule is CCc1ccccc1-c1nc(COC=O)cs1. The van der Waals surface area contributed by atoms with Gasteiger partial charge in [0, 0.05) is 10.9 Å². The van der Waals surface area contributed by atoms with Crippen molar-refractivity contribution in [2.24, 2.45) is 0 Å². The van der Waals surface area contributed by atoms with E-state index >= 15 is 0 Å². The number of aromatic nitrogens is 1. The number of rotatable bonds is 5. The molecule has 0 atom stereocenters. The van der Waals surface area contributed by atoms with Crippen molar-refractivity contribution in [3.05, 3.63) is 40.9 Å². The standard InChI is InChI=1S/C13H13NO2S/c1-2-10-5-3-4-6-12(10)13-14-11(8-17-13)7-16-9-15/h3-6,8-9H,2,7H2,1H3. The van der Waals surface area contributed by atoms with Gasteiger partial charge in [-0.15, -0.1) is 11.3 Å². The molecule has 1 aromatic carbocycles. The molecule has 0 saturated heterocycles. The Bertz CT molecular complexity index is 508. The Hall–Kier alpha value is -1.68. The number of carbonyl (C=O) groups excluding carboxylic acids is 1. The molecule has 0 N–H and O–H groups in total. The minimum Gasteiger partial charge on any atom is -0.461 e. The predicted octanol–water partition coefficient (Wildman–Crippen LogP) is 3.05. The summed E-state index contributed by atoms with van der Waals surface area (Å²) >= 11 is 1.58. The second kappa shape index (κ2) is 5.59. The van der Waals surface area contributed by atoms with Crippen LogP contribution in [0.2, 0.25) is 0 Å². The maximum absolute atomic E-state index is 10.1. The van der Waals surface area contributed by atoms with Gasteiger partial charge >= 0.3 is 0 Å². The summed E-state index contributed by atoms with van der Waals surface area (Å²) in [5.74, 6) is 0. The van der Waals surface area contributed by atoms with Gasteiger partial charge in [0.15, 0.2) is 0 Å². The lowest BCUT2D eigenvalue weighted by Gasteiger charge is -2.03. The molecule has 17 heavy (non-hydrogen) atoms. The summed E-state index contributed by atoms with van der Waals surface area (Å²) in [4.78, 5) is 14.6. The summed E-state index contributed by atoms with van der Waals surface area (Å²) in [6, 6.07) is 8.23. The fourth-order valence-corrected chi connectivity index (χ4v) is 2.52. The molecule has 3 nitrogen and oxygen atoms in total. The molecule has 0 spiro atoms. The first kappa shape index (κ1) is 11.8. The van der Waals surface area contributed by atoms with Crippen LogP contribution in [0.15, 0.2) is 29.6 Å². The van der Waals surface area contributed by atoms with E-state index in [1.54, 1.807) is 11.3 Å². The molecular weight excluding hydrogens is 234 g/mol. The van der Waals surface area contributed by atoms with Gasteiger partial charge in [-0.1, -0.05) is 31.2 Å². The number of hydrogen-bond donors (Lipinski definition) is 0. The normalized spacial score (nSPS) is 10.2. The molecule has 0 bridgehead atoms. The van der Waals surface area contributed by atoms with E-state index in [1.807, 2.05) is 17.5 Å². The van der Waals surface area contributed by atoms with E-state index in [0.717, 1.165) is 22.7 Å². The van der Waals surface area contributed by atoms with Gasteiger partial charge in [0.1, 0.15) is 11.6 Å². The molecule has 0 unspecified atom stereocenters. The lowest BCUT2D eigenvalue weighted by molar-refractivity contribution is -0.129. The molecule has 0 amide bonds. The van der Waals surface area contributed by atoms with Gasteiger partial charge in [-0.25, -0.2) is 4.98 Å². The average Bonchev–Trinajstić information content (AvgIpc) is 2.85. The van der Waals surface area contributed by atoms with Crippen LogP contribution in [0.3, 0.4) is 0 Å². The third-order valence-corrected chi connectivity index (χ3v) is 3.40. The minimum atomic E-state index is 0.244. The van der Waals surface area contributed by atoms with Gasteiger partial charge < -0.3 is 4.74 Å². The summed E-state index contributed by atoms with van der Waals surface area (Å²) in [5.41, 5.74) is 3.24. The van der Waals surface area contributed by atoms with Crippen LogP contribution in [0.1, 0.15) is 18.2 Å². The topological polar surface area (TPSA) is 39.2 Å². The molecule has 0 radical (unpaired) electrons. The number of nitrogens with zero attached hydrogens (tertiary/aromatic N) is 1. The quantitative estimate of drug-likeness (QED) is 0.762. The van der Waals surface area contributed by atoms with Gasteiger partial charge in [-0.2, -0.15) is 0 Å². The van der Waals surface area contributed by atoms with Crippen molar-refractivity contribution in [1.29, 1.82) is 0 Å². The molecule has 0 saturated carbocycles. The smallest absolute Gasteiger partial charge is 0.293 e. The number of aryl methyl sites for hydroxylation is 1. The Morgan fingerprint density at radius 1 is 1.41 bits per heavy atom. The van der Waals surface area contributed by atoms with Crippen LogP contribution in [0, 0.1) is 0 Å². The highest BCUT2D eigenvalue weighted by molar-refractivity contribution is 7.13. The largest absolute Gasteiger partial charge is 0.461 e. The highest BCUT2D eigenvalue weighted by Gasteiger charge is 2.08. The van der Waals surface area contributed by atoms with Crippen molar-refractivity contribution in [1.82, 2.24) is 4.98 Å². The Labute approximate surface area is 104 Å². The zero-order chi connectivity index (χ0) is 12.1. The molecule has 88 valence electrons.